The number of aliphatic hydroxyl groups excluding tert-OH is 1. The molecule has 1 aliphatic carbocycles. The molecule has 3 atom stereocenters. The third-order valence-electron chi connectivity index (χ3n) is 4.59. The van der Waals surface area contributed by atoms with Crippen molar-refractivity contribution in [1.82, 2.24) is 9.55 Å². The quantitative estimate of drug-likeness (QED) is 0.871. The first-order valence-corrected chi connectivity index (χ1v) is 7.85. The van der Waals surface area contributed by atoms with Crippen LogP contribution in [0.25, 0.3) is 0 Å². The van der Waals surface area contributed by atoms with Gasteiger partial charge in [-0.1, -0.05) is 19.8 Å². The maximum atomic E-state index is 10.7. The van der Waals surface area contributed by atoms with Gasteiger partial charge in [-0.2, -0.15) is 0 Å². The lowest BCUT2D eigenvalue weighted by molar-refractivity contribution is -0.149. The zero-order chi connectivity index (χ0) is 14.6. The molecule has 0 radical (unpaired) electrons. The predicted octanol–water partition coefficient (Wildman–Crippen LogP) is 2.70. The van der Waals surface area contributed by atoms with Gasteiger partial charge in [0.15, 0.2) is 0 Å². The Morgan fingerprint density at radius 2 is 2.40 bits per heavy atom. The van der Waals surface area contributed by atoms with Gasteiger partial charge >= 0.3 is 0 Å². The van der Waals surface area contributed by atoms with Crippen LogP contribution in [0, 0.1) is 5.92 Å². The largest absolute Gasteiger partial charge is 0.390 e. The number of nitrogens with zero attached hydrogens (tertiary/aromatic N) is 2. The second kappa shape index (κ2) is 6.72. The number of hydrogen-bond acceptors (Lipinski definition) is 3. The van der Waals surface area contributed by atoms with E-state index in [1.807, 2.05) is 30.9 Å². The SMILES string of the molecule is CCOC1(C(O)CCc2nccn2C)CCCC(C)C1. The maximum Gasteiger partial charge on any atom is 0.108 e. The highest BCUT2D eigenvalue weighted by Gasteiger charge is 2.41. The average molecular weight is 280 g/mol. The molecule has 4 nitrogen and oxygen atoms in total. The zero-order valence-corrected chi connectivity index (χ0v) is 13.0. The average Bonchev–Trinajstić information content (AvgIpc) is 2.82. The number of aryl methyl sites for hydroxylation is 2. The molecule has 3 unspecified atom stereocenters. The van der Waals surface area contributed by atoms with E-state index in [0.29, 0.717) is 12.5 Å². The van der Waals surface area contributed by atoms with Crippen LogP contribution in [-0.2, 0) is 18.2 Å². The molecule has 114 valence electrons. The first-order valence-electron chi connectivity index (χ1n) is 7.85. The predicted molar refractivity (Wildman–Crippen MR) is 79.5 cm³/mol. The molecule has 1 N–H and O–H groups in total. The Morgan fingerprint density at radius 1 is 1.60 bits per heavy atom. The summed E-state index contributed by atoms with van der Waals surface area (Å²) in [6, 6.07) is 0. The van der Waals surface area contributed by atoms with Crippen molar-refractivity contribution in [2.45, 2.75) is 64.1 Å². The van der Waals surface area contributed by atoms with Crippen LogP contribution in [-0.4, -0.2) is 33.0 Å². The van der Waals surface area contributed by atoms with Crippen LogP contribution in [0.5, 0.6) is 0 Å². The number of ether oxygens (including phenoxy) is 1. The molecule has 1 saturated carbocycles. The van der Waals surface area contributed by atoms with Gasteiger partial charge in [-0.15, -0.1) is 0 Å². The van der Waals surface area contributed by atoms with E-state index < -0.39 is 6.10 Å². The van der Waals surface area contributed by atoms with E-state index in [2.05, 4.69) is 11.9 Å². The van der Waals surface area contributed by atoms with Crippen LogP contribution in [0.4, 0.5) is 0 Å². The van der Waals surface area contributed by atoms with E-state index in [1.165, 1.54) is 6.42 Å². The monoisotopic (exact) mass is 280 g/mol. The molecule has 1 heterocycles. The van der Waals surface area contributed by atoms with E-state index in [1.54, 1.807) is 0 Å². The smallest absolute Gasteiger partial charge is 0.108 e. The molecule has 1 fully saturated rings. The van der Waals surface area contributed by atoms with Crippen LogP contribution >= 0.6 is 0 Å². The van der Waals surface area contributed by atoms with E-state index in [0.717, 1.165) is 37.9 Å². The molecule has 20 heavy (non-hydrogen) atoms. The number of aromatic nitrogens is 2. The van der Waals surface area contributed by atoms with Crippen molar-refractivity contribution in [2.75, 3.05) is 6.61 Å². The Kier molecular flexibility index (Phi) is 5.22. The summed E-state index contributed by atoms with van der Waals surface area (Å²) in [5, 5.41) is 10.7. The van der Waals surface area contributed by atoms with Crippen molar-refractivity contribution >= 4 is 0 Å². The van der Waals surface area contributed by atoms with Crippen LogP contribution in [0.3, 0.4) is 0 Å². The van der Waals surface area contributed by atoms with Gasteiger partial charge in [0, 0.05) is 32.5 Å². The van der Waals surface area contributed by atoms with Crippen LogP contribution in [0.15, 0.2) is 12.4 Å². The molecular weight excluding hydrogens is 252 g/mol. The first-order chi connectivity index (χ1) is 9.57. The lowest BCUT2D eigenvalue weighted by Crippen LogP contribution is -2.48. The molecule has 4 heteroatoms. The van der Waals surface area contributed by atoms with Gasteiger partial charge in [-0.05, 0) is 32.1 Å². The summed E-state index contributed by atoms with van der Waals surface area (Å²) in [5.41, 5.74) is -0.336. The third-order valence-corrected chi connectivity index (χ3v) is 4.59. The fraction of sp³-hybridized carbons (Fsp3) is 0.812. The highest BCUT2D eigenvalue weighted by Crippen LogP contribution is 2.38. The molecule has 1 aliphatic rings. The molecule has 2 rings (SSSR count). The minimum atomic E-state index is -0.401. The zero-order valence-electron chi connectivity index (χ0n) is 13.0. The molecule has 0 spiro atoms. The summed E-state index contributed by atoms with van der Waals surface area (Å²) < 4.78 is 8.04. The van der Waals surface area contributed by atoms with Crippen molar-refractivity contribution in [1.29, 1.82) is 0 Å². The minimum Gasteiger partial charge on any atom is -0.390 e. The third kappa shape index (κ3) is 3.41. The Morgan fingerprint density at radius 3 is 3.00 bits per heavy atom. The topological polar surface area (TPSA) is 47.3 Å². The summed E-state index contributed by atoms with van der Waals surface area (Å²) >= 11 is 0. The number of imidazole rings is 1. The van der Waals surface area contributed by atoms with Gasteiger partial charge in [0.25, 0.3) is 0 Å². The molecule has 0 aromatic carbocycles. The Labute approximate surface area is 122 Å². The Bertz CT molecular complexity index is 414. The fourth-order valence-corrected chi connectivity index (χ4v) is 3.53. The van der Waals surface area contributed by atoms with E-state index >= 15 is 0 Å². The van der Waals surface area contributed by atoms with E-state index in [-0.39, 0.29) is 5.60 Å². The Hall–Kier alpha value is -0.870. The fourth-order valence-electron chi connectivity index (χ4n) is 3.53. The Balaban J connectivity index is 1.99. The molecule has 0 saturated heterocycles. The van der Waals surface area contributed by atoms with Crippen molar-refractivity contribution in [3.8, 4) is 0 Å². The maximum absolute atomic E-state index is 10.7. The normalized spacial score (nSPS) is 28.5. The van der Waals surface area contributed by atoms with Crippen LogP contribution < -0.4 is 0 Å². The van der Waals surface area contributed by atoms with Gasteiger partial charge in [0.2, 0.25) is 0 Å². The highest BCUT2D eigenvalue weighted by atomic mass is 16.5. The lowest BCUT2D eigenvalue weighted by atomic mass is 9.74. The van der Waals surface area contributed by atoms with Crippen molar-refractivity contribution in [3.63, 3.8) is 0 Å². The summed E-state index contributed by atoms with van der Waals surface area (Å²) in [6.07, 6.45) is 9.23. The number of hydrogen-bond donors (Lipinski definition) is 1. The first kappa shape index (κ1) is 15.5. The molecule has 0 amide bonds. The summed E-state index contributed by atoms with van der Waals surface area (Å²) in [7, 11) is 2.00. The molecule has 0 aliphatic heterocycles. The lowest BCUT2D eigenvalue weighted by Gasteiger charge is -2.43. The van der Waals surface area contributed by atoms with Crippen LogP contribution in [0.2, 0.25) is 0 Å². The van der Waals surface area contributed by atoms with Gasteiger partial charge in [0.1, 0.15) is 5.82 Å². The summed E-state index contributed by atoms with van der Waals surface area (Å²) in [5.74, 6) is 1.66. The summed E-state index contributed by atoms with van der Waals surface area (Å²) in [6.45, 7) is 4.96. The molecule has 1 aromatic rings. The molecule has 1 aromatic heterocycles. The van der Waals surface area contributed by atoms with Gasteiger partial charge in [0.05, 0.1) is 11.7 Å². The highest BCUT2D eigenvalue weighted by molar-refractivity contribution is 4.97. The number of aliphatic hydroxyl groups is 1. The molecular formula is C16H28N2O2. The van der Waals surface area contributed by atoms with Gasteiger partial charge in [-0.3, -0.25) is 0 Å². The summed E-state index contributed by atoms with van der Waals surface area (Å²) in [4.78, 5) is 4.33. The molecule has 0 bridgehead atoms. The van der Waals surface area contributed by atoms with Crippen molar-refractivity contribution in [2.24, 2.45) is 13.0 Å². The number of rotatable bonds is 6. The minimum absolute atomic E-state index is 0.336. The van der Waals surface area contributed by atoms with Crippen LogP contribution in [0.1, 0.15) is 51.8 Å². The van der Waals surface area contributed by atoms with E-state index in [4.69, 9.17) is 4.74 Å². The second-order valence-corrected chi connectivity index (χ2v) is 6.21. The second-order valence-electron chi connectivity index (χ2n) is 6.21. The van der Waals surface area contributed by atoms with Gasteiger partial charge in [-0.25, -0.2) is 4.98 Å². The van der Waals surface area contributed by atoms with Crippen molar-refractivity contribution in [3.05, 3.63) is 18.2 Å². The van der Waals surface area contributed by atoms with E-state index in [9.17, 15) is 5.11 Å². The van der Waals surface area contributed by atoms with Gasteiger partial charge < -0.3 is 14.4 Å². The van der Waals surface area contributed by atoms with Crippen molar-refractivity contribution < 1.29 is 9.84 Å². The standard InChI is InChI=1S/C16H28N2O2/c1-4-20-16(9-5-6-13(2)12-16)14(19)7-8-15-17-10-11-18(15)3/h10-11,13-14,19H,4-9,12H2,1-3H3.